The van der Waals surface area contributed by atoms with Crippen LogP contribution in [0.2, 0.25) is 0 Å². The highest BCUT2D eigenvalue weighted by atomic mass is 16.5. The first kappa shape index (κ1) is 15.3. The molecular formula is C17H33NO. The van der Waals surface area contributed by atoms with E-state index in [1.54, 1.807) is 0 Å². The van der Waals surface area contributed by atoms with Crippen molar-refractivity contribution >= 4 is 0 Å². The maximum absolute atomic E-state index is 6.00. The van der Waals surface area contributed by atoms with Gasteiger partial charge in [-0.2, -0.15) is 0 Å². The van der Waals surface area contributed by atoms with Gasteiger partial charge in [-0.05, 0) is 77.3 Å². The zero-order valence-corrected chi connectivity index (χ0v) is 13.4. The van der Waals surface area contributed by atoms with Crippen LogP contribution in [-0.2, 0) is 4.74 Å². The van der Waals surface area contributed by atoms with Crippen LogP contribution in [0, 0.1) is 11.8 Å². The van der Waals surface area contributed by atoms with Gasteiger partial charge in [0.1, 0.15) is 0 Å². The number of ether oxygens (including phenoxy) is 1. The second-order valence-corrected chi connectivity index (χ2v) is 7.24. The van der Waals surface area contributed by atoms with Crippen molar-refractivity contribution in [2.45, 2.75) is 84.5 Å². The van der Waals surface area contributed by atoms with Crippen molar-refractivity contribution in [2.24, 2.45) is 11.8 Å². The summed E-state index contributed by atoms with van der Waals surface area (Å²) in [5.41, 5.74) is 0. The predicted molar refractivity (Wildman–Crippen MR) is 81.4 cm³/mol. The fourth-order valence-electron chi connectivity index (χ4n) is 3.93. The van der Waals surface area contributed by atoms with Gasteiger partial charge in [-0.25, -0.2) is 0 Å². The zero-order valence-electron chi connectivity index (χ0n) is 13.4. The van der Waals surface area contributed by atoms with Crippen LogP contribution in [0.5, 0.6) is 0 Å². The summed E-state index contributed by atoms with van der Waals surface area (Å²) >= 11 is 0. The predicted octanol–water partition coefficient (Wildman–Crippen LogP) is 4.09. The van der Waals surface area contributed by atoms with E-state index in [1.807, 2.05) is 0 Å². The first-order valence-corrected chi connectivity index (χ1v) is 8.45. The van der Waals surface area contributed by atoms with E-state index >= 15 is 0 Å². The van der Waals surface area contributed by atoms with E-state index in [0.717, 1.165) is 17.9 Å². The van der Waals surface area contributed by atoms with E-state index in [-0.39, 0.29) is 0 Å². The third-order valence-electron chi connectivity index (χ3n) is 5.09. The van der Waals surface area contributed by atoms with Gasteiger partial charge in [-0.1, -0.05) is 13.8 Å². The lowest BCUT2D eigenvalue weighted by Gasteiger charge is -2.28. The highest BCUT2D eigenvalue weighted by Gasteiger charge is 2.31. The Kier molecular flexibility index (Phi) is 5.70. The Morgan fingerprint density at radius 1 is 0.947 bits per heavy atom. The zero-order chi connectivity index (χ0) is 13.8. The highest BCUT2D eigenvalue weighted by molar-refractivity contribution is 4.85. The number of hydrogen-bond donors (Lipinski definition) is 0. The Morgan fingerprint density at radius 3 is 2.42 bits per heavy atom. The fourth-order valence-corrected chi connectivity index (χ4v) is 3.93. The average molecular weight is 267 g/mol. The Hall–Kier alpha value is -0.0800. The quantitative estimate of drug-likeness (QED) is 0.760. The van der Waals surface area contributed by atoms with Crippen molar-refractivity contribution in [1.82, 2.24) is 4.90 Å². The van der Waals surface area contributed by atoms with E-state index in [9.17, 15) is 0 Å². The summed E-state index contributed by atoms with van der Waals surface area (Å²) in [4.78, 5) is 2.77. The molecule has 2 nitrogen and oxygen atoms in total. The molecule has 2 fully saturated rings. The molecule has 0 aromatic heterocycles. The Labute approximate surface area is 119 Å². The van der Waals surface area contributed by atoms with Crippen LogP contribution >= 0.6 is 0 Å². The molecule has 1 aliphatic carbocycles. The van der Waals surface area contributed by atoms with E-state index in [0.29, 0.717) is 12.2 Å². The molecule has 0 N–H and O–H groups in total. The van der Waals surface area contributed by atoms with Gasteiger partial charge in [-0.3, -0.25) is 0 Å². The van der Waals surface area contributed by atoms with E-state index in [4.69, 9.17) is 4.74 Å². The van der Waals surface area contributed by atoms with Crippen molar-refractivity contribution < 1.29 is 4.74 Å². The molecule has 0 radical (unpaired) electrons. The summed E-state index contributed by atoms with van der Waals surface area (Å²) < 4.78 is 6.00. The van der Waals surface area contributed by atoms with Crippen LogP contribution in [0.3, 0.4) is 0 Å². The minimum absolute atomic E-state index is 0.387. The summed E-state index contributed by atoms with van der Waals surface area (Å²) in [5, 5.41) is 0. The van der Waals surface area contributed by atoms with E-state index in [2.05, 4.69) is 32.6 Å². The number of hydrogen-bond acceptors (Lipinski definition) is 2. The Balaban J connectivity index is 1.80. The van der Waals surface area contributed by atoms with Crippen LogP contribution in [0.4, 0.5) is 0 Å². The van der Waals surface area contributed by atoms with Crippen molar-refractivity contribution in [3.05, 3.63) is 0 Å². The largest absolute Gasteiger partial charge is 0.376 e. The maximum atomic E-state index is 6.00. The summed E-state index contributed by atoms with van der Waals surface area (Å²) in [6, 6.07) is 0.801. The van der Waals surface area contributed by atoms with E-state index in [1.165, 1.54) is 51.6 Å². The molecule has 0 bridgehead atoms. The Bertz CT molecular complexity index is 264. The molecule has 3 atom stereocenters. The molecule has 2 heteroatoms. The molecule has 0 aromatic carbocycles. The molecule has 112 valence electrons. The average Bonchev–Trinajstić information content (AvgIpc) is 2.64. The second kappa shape index (κ2) is 7.08. The minimum Gasteiger partial charge on any atom is -0.376 e. The van der Waals surface area contributed by atoms with Crippen LogP contribution in [0.25, 0.3) is 0 Å². The van der Waals surface area contributed by atoms with Gasteiger partial charge >= 0.3 is 0 Å². The van der Waals surface area contributed by atoms with Crippen LogP contribution in [0.15, 0.2) is 0 Å². The molecule has 3 unspecified atom stereocenters. The lowest BCUT2D eigenvalue weighted by atomic mass is 9.89. The van der Waals surface area contributed by atoms with Gasteiger partial charge in [0.15, 0.2) is 0 Å². The smallest absolute Gasteiger partial charge is 0.0594 e. The summed E-state index contributed by atoms with van der Waals surface area (Å²) in [7, 11) is 0. The van der Waals surface area contributed by atoms with Gasteiger partial charge in [0.2, 0.25) is 0 Å². The fraction of sp³-hybridized carbons (Fsp3) is 1.00. The first-order chi connectivity index (χ1) is 9.06. The van der Waals surface area contributed by atoms with Crippen LogP contribution in [0.1, 0.15) is 66.2 Å². The molecule has 1 saturated carbocycles. The second-order valence-electron chi connectivity index (χ2n) is 7.24. The van der Waals surface area contributed by atoms with Gasteiger partial charge in [-0.15, -0.1) is 0 Å². The number of nitrogens with zero attached hydrogens (tertiary/aromatic N) is 1. The molecule has 1 saturated heterocycles. The number of rotatable bonds is 4. The third-order valence-corrected chi connectivity index (χ3v) is 5.09. The molecular weight excluding hydrogens is 234 g/mol. The first-order valence-electron chi connectivity index (χ1n) is 8.45. The van der Waals surface area contributed by atoms with Gasteiger partial charge < -0.3 is 9.64 Å². The summed E-state index contributed by atoms with van der Waals surface area (Å²) in [5.74, 6) is 1.81. The monoisotopic (exact) mass is 267 g/mol. The number of likely N-dealkylation sites (tertiary alicyclic amines) is 1. The van der Waals surface area contributed by atoms with Crippen molar-refractivity contribution in [3.8, 4) is 0 Å². The topological polar surface area (TPSA) is 12.5 Å². The van der Waals surface area contributed by atoms with E-state index < -0.39 is 0 Å². The maximum Gasteiger partial charge on any atom is 0.0594 e. The normalized spacial score (nSPS) is 34.1. The van der Waals surface area contributed by atoms with Gasteiger partial charge in [0.05, 0.1) is 12.2 Å². The molecule has 1 aliphatic heterocycles. The summed E-state index contributed by atoms with van der Waals surface area (Å²) in [6.45, 7) is 11.7. The highest BCUT2D eigenvalue weighted by Crippen LogP contribution is 2.31. The van der Waals surface area contributed by atoms with Crippen molar-refractivity contribution in [1.29, 1.82) is 0 Å². The molecule has 0 amide bonds. The van der Waals surface area contributed by atoms with Crippen molar-refractivity contribution in [3.63, 3.8) is 0 Å². The third kappa shape index (κ3) is 4.46. The molecule has 0 aromatic rings. The molecule has 1 heterocycles. The lowest BCUT2D eigenvalue weighted by molar-refractivity contribution is 0.00790. The van der Waals surface area contributed by atoms with Crippen LogP contribution in [-0.4, -0.2) is 36.2 Å². The van der Waals surface area contributed by atoms with Crippen molar-refractivity contribution in [2.75, 3.05) is 13.1 Å². The molecule has 0 spiro atoms. The van der Waals surface area contributed by atoms with Crippen LogP contribution < -0.4 is 0 Å². The SMILES string of the molecule is CC(C)OC1CCC(N2CCCC(C(C)C)CC2)C1. The Morgan fingerprint density at radius 2 is 1.74 bits per heavy atom. The molecule has 2 rings (SSSR count). The standard InChI is InChI=1S/C17H33NO/c1-13(2)15-6-5-10-18(11-9-15)16-7-8-17(12-16)19-14(3)4/h13-17H,5-12H2,1-4H3. The van der Waals surface area contributed by atoms with Gasteiger partial charge in [0, 0.05) is 6.04 Å². The molecule has 19 heavy (non-hydrogen) atoms. The lowest BCUT2D eigenvalue weighted by Crippen LogP contribution is -2.35. The molecule has 2 aliphatic rings. The summed E-state index contributed by atoms with van der Waals surface area (Å²) in [6.07, 6.45) is 9.04. The van der Waals surface area contributed by atoms with Gasteiger partial charge in [0.25, 0.3) is 0 Å². The minimum atomic E-state index is 0.387.